The van der Waals surface area contributed by atoms with E-state index >= 15 is 0 Å². The highest BCUT2D eigenvalue weighted by Crippen LogP contribution is 2.46. The van der Waals surface area contributed by atoms with Gasteiger partial charge in [0, 0.05) is 31.1 Å². The molecule has 242 valence electrons. The zero-order valence-corrected chi connectivity index (χ0v) is 24.9. The standard InChI is InChI=1S/C28H39N5O4.C2HF3O2/c1-20(34)28(22-6-4-3-5-7-22)12-14-33(15-13-28)26(35)25(16-21-8-10-24(37-2)11-9-21)32-27(36)30-18-23-17-29-19-31-23;3-2(4,5)1(6)7/h8-11,17,19,22,25H,3-7,12-16,18H2,1-2H3,(H,29,31)(H2,30,32,36);(H,6,7). The molecule has 2 aromatic rings. The number of aliphatic carboxylic acids is 1. The minimum absolute atomic E-state index is 0.117. The molecule has 0 radical (unpaired) electrons. The van der Waals surface area contributed by atoms with Gasteiger partial charge in [0.1, 0.15) is 17.6 Å². The van der Waals surface area contributed by atoms with Crippen molar-refractivity contribution < 1.29 is 42.2 Å². The van der Waals surface area contributed by atoms with Crippen molar-refractivity contribution in [1.82, 2.24) is 25.5 Å². The summed E-state index contributed by atoms with van der Waals surface area (Å²) >= 11 is 0. The Morgan fingerprint density at radius 2 is 1.73 bits per heavy atom. The molecular weight excluding hydrogens is 583 g/mol. The molecule has 11 nitrogen and oxygen atoms in total. The summed E-state index contributed by atoms with van der Waals surface area (Å²) in [6, 6.07) is 6.36. The summed E-state index contributed by atoms with van der Waals surface area (Å²) in [4.78, 5) is 56.9. The van der Waals surface area contributed by atoms with Crippen LogP contribution in [-0.4, -0.2) is 76.1 Å². The van der Waals surface area contributed by atoms with Crippen LogP contribution in [0.15, 0.2) is 36.8 Å². The lowest BCUT2D eigenvalue weighted by molar-refractivity contribution is -0.192. The SMILES string of the molecule is COc1ccc(CC(NC(=O)NCc2cnc[nH]2)C(=O)N2CCC(C(C)=O)(C3CCCCC3)CC2)cc1.O=C(O)C(F)(F)F. The number of benzene rings is 1. The topological polar surface area (TPSA) is 154 Å². The summed E-state index contributed by atoms with van der Waals surface area (Å²) in [5, 5.41) is 12.8. The molecule has 0 spiro atoms. The third kappa shape index (κ3) is 9.45. The number of imidazole rings is 1. The predicted molar refractivity (Wildman–Crippen MR) is 154 cm³/mol. The Morgan fingerprint density at radius 3 is 2.23 bits per heavy atom. The average molecular weight is 624 g/mol. The summed E-state index contributed by atoms with van der Waals surface area (Å²) in [7, 11) is 1.61. The lowest BCUT2D eigenvalue weighted by atomic mass is 9.62. The molecule has 1 aromatic heterocycles. The van der Waals surface area contributed by atoms with Crippen LogP contribution < -0.4 is 15.4 Å². The maximum atomic E-state index is 13.7. The largest absolute Gasteiger partial charge is 0.497 e. The number of H-pyrrole nitrogens is 1. The number of Topliss-reactive ketones (excluding diaryl/α,β-unsaturated/α-hetero) is 1. The number of methoxy groups -OCH3 is 1. The lowest BCUT2D eigenvalue weighted by Gasteiger charge is -2.47. The normalized spacial score (nSPS) is 17.4. The van der Waals surface area contributed by atoms with E-state index in [-0.39, 0.29) is 23.7 Å². The fraction of sp³-hybridized carbons (Fsp3) is 0.567. The number of ether oxygens (including phenoxy) is 1. The minimum atomic E-state index is -5.08. The van der Waals surface area contributed by atoms with Crippen LogP contribution in [0.5, 0.6) is 5.75 Å². The number of carbonyl (C=O) groups excluding carboxylic acids is 3. The molecule has 1 atom stereocenters. The number of amides is 3. The summed E-state index contributed by atoms with van der Waals surface area (Å²) in [6.45, 7) is 3.07. The van der Waals surface area contributed by atoms with Crippen LogP contribution in [0.1, 0.15) is 63.1 Å². The van der Waals surface area contributed by atoms with Gasteiger partial charge in [-0.15, -0.1) is 0 Å². The number of aromatic amines is 1. The number of halogens is 3. The molecular formula is C30H40F3N5O6. The van der Waals surface area contributed by atoms with Gasteiger partial charge in [0.25, 0.3) is 0 Å². The van der Waals surface area contributed by atoms with Gasteiger partial charge in [0.05, 0.1) is 25.7 Å². The molecule has 3 amide bonds. The Balaban J connectivity index is 0.000000676. The Morgan fingerprint density at radius 1 is 1.11 bits per heavy atom. The Bertz CT molecular complexity index is 1240. The maximum Gasteiger partial charge on any atom is 0.490 e. The van der Waals surface area contributed by atoms with E-state index in [4.69, 9.17) is 14.6 Å². The fourth-order valence-corrected chi connectivity index (χ4v) is 6.01. The van der Waals surface area contributed by atoms with Crippen molar-refractivity contribution in [2.75, 3.05) is 20.2 Å². The van der Waals surface area contributed by atoms with Crippen LogP contribution in [-0.2, 0) is 27.3 Å². The van der Waals surface area contributed by atoms with Crippen molar-refractivity contribution in [2.45, 2.75) is 77.1 Å². The zero-order valence-electron chi connectivity index (χ0n) is 24.9. The van der Waals surface area contributed by atoms with E-state index in [1.54, 1.807) is 26.6 Å². The minimum Gasteiger partial charge on any atom is -0.497 e. The number of hydrogen-bond donors (Lipinski definition) is 4. The summed E-state index contributed by atoms with van der Waals surface area (Å²) in [5.74, 6) is -1.47. The number of rotatable bonds is 9. The summed E-state index contributed by atoms with van der Waals surface area (Å²) in [5.41, 5.74) is 1.37. The first-order valence-corrected chi connectivity index (χ1v) is 14.6. The number of carbonyl (C=O) groups is 4. The second-order valence-corrected chi connectivity index (χ2v) is 11.2. The quantitative estimate of drug-likeness (QED) is 0.326. The predicted octanol–water partition coefficient (Wildman–Crippen LogP) is 4.24. The monoisotopic (exact) mass is 623 g/mol. The Kier molecular flexibility index (Phi) is 12.2. The van der Waals surface area contributed by atoms with Crippen LogP contribution in [0.25, 0.3) is 0 Å². The molecule has 14 heteroatoms. The number of likely N-dealkylation sites (tertiary alicyclic amines) is 1. The molecule has 1 aliphatic heterocycles. The number of carboxylic acids is 1. The second-order valence-electron chi connectivity index (χ2n) is 11.2. The first-order valence-electron chi connectivity index (χ1n) is 14.6. The van der Waals surface area contributed by atoms with Crippen LogP contribution in [0.3, 0.4) is 0 Å². The highest BCUT2D eigenvalue weighted by atomic mass is 19.4. The third-order valence-electron chi connectivity index (χ3n) is 8.49. The number of urea groups is 1. The number of carboxylic acid groups (broad SMARTS) is 1. The Labute approximate surface area is 253 Å². The van der Waals surface area contributed by atoms with Gasteiger partial charge in [-0.2, -0.15) is 13.2 Å². The number of alkyl halides is 3. The molecule has 1 aliphatic carbocycles. The van der Waals surface area contributed by atoms with Gasteiger partial charge in [-0.25, -0.2) is 14.6 Å². The first kappa shape index (κ1) is 34.4. The Hall–Kier alpha value is -4.10. The van der Waals surface area contributed by atoms with Crippen molar-refractivity contribution in [1.29, 1.82) is 0 Å². The molecule has 1 saturated carbocycles. The number of ketones is 1. The smallest absolute Gasteiger partial charge is 0.490 e. The summed E-state index contributed by atoms with van der Waals surface area (Å²) in [6.07, 6.45) is 5.68. The third-order valence-corrected chi connectivity index (χ3v) is 8.49. The van der Waals surface area contributed by atoms with E-state index in [0.717, 1.165) is 29.8 Å². The van der Waals surface area contributed by atoms with E-state index in [0.29, 0.717) is 38.3 Å². The van der Waals surface area contributed by atoms with Crippen LogP contribution in [0.2, 0.25) is 0 Å². The molecule has 1 saturated heterocycles. The number of piperidine rings is 1. The van der Waals surface area contributed by atoms with E-state index < -0.39 is 24.2 Å². The molecule has 2 aliphatic rings. The molecule has 1 unspecified atom stereocenters. The number of nitrogens with zero attached hydrogens (tertiary/aromatic N) is 2. The maximum absolute atomic E-state index is 13.7. The molecule has 2 heterocycles. The van der Waals surface area contributed by atoms with E-state index in [1.807, 2.05) is 29.2 Å². The van der Waals surface area contributed by atoms with Gasteiger partial charge in [0.2, 0.25) is 5.91 Å². The van der Waals surface area contributed by atoms with Crippen molar-refractivity contribution in [3.8, 4) is 5.75 Å². The molecule has 0 bridgehead atoms. The van der Waals surface area contributed by atoms with Crippen molar-refractivity contribution in [2.24, 2.45) is 11.3 Å². The van der Waals surface area contributed by atoms with Gasteiger partial charge in [0.15, 0.2) is 0 Å². The first-order chi connectivity index (χ1) is 20.9. The number of nitrogens with one attached hydrogen (secondary N) is 3. The van der Waals surface area contributed by atoms with Gasteiger partial charge in [-0.3, -0.25) is 9.59 Å². The molecule has 4 N–H and O–H groups in total. The van der Waals surface area contributed by atoms with Crippen LogP contribution >= 0.6 is 0 Å². The van der Waals surface area contributed by atoms with Gasteiger partial charge >= 0.3 is 18.2 Å². The van der Waals surface area contributed by atoms with Gasteiger partial charge in [-0.1, -0.05) is 31.4 Å². The average Bonchev–Trinajstić information content (AvgIpc) is 3.54. The second kappa shape index (κ2) is 15.6. The van der Waals surface area contributed by atoms with Gasteiger partial charge in [-0.05, 0) is 56.2 Å². The van der Waals surface area contributed by atoms with Crippen molar-refractivity contribution >= 4 is 23.7 Å². The van der Waals surface area contributed by atoms with Gasteiger partial charge < -0.3 is 30.4 Å². The fourth-order valence-electron chi connectivity index (χ4n) is 6.01. The zero-order chi connectivity index (χ0) is 32.3. The molecule has 1 aromatic carbocycles. The van der Waals surface area contributed by atoms with E-state index in [1.165, 1.54) is 19.3 Å². The molecule has 4 rings (SSSR count). The molecule has 44 heavy (non-hydrogen) atoms. The number of aromatic nitrogens is 2. The van der Waals surface area contributed by atoms with Crippen LogP contribution in [0, 0.1) is 11.3 Å². The van der Waals surface area contributed by atoms with E-state index in [2.05, 4.69) is 20.6 Å². The highest BCUT2D eigenvalue weighted by Gasteiger charge is 2.46. The van der Waals surface area contributed by atoms with Crippen LogP contribution in [0.4, 0.5) is 18.0 Å². The van der Waals surface area contributed by atoms with Crippen molar-refractivity contribution in [3.05, 3.63) is 48.0 Å². The number of hydrogen-bond acceptors (Lipinski definition) is 6. The summed E-state index contributed by atoms with van der Waals surface area (Å²) < 4.78 is 37.0. The highest BCUT2D eigenvalue weighted by molar-refractivity contribution is 5.88. The van der Waals surface area contributed by atoms with E-state index in [9.17, 15) is 27.6 Å². The van der Waals surface area contributed by atoms with Crippen molar-refractivity contribution in [3.63, 3.8) is 0 Å². The lowest BCUT2D eigenvalue weighted by Crippen LogP contribution is -2.56. The molecule has 2 fully saturated rings.